The molecule has 1 aromatic carbocycles. The van der Waals surface area contributed by atoms with E-state index in [0.29, 0.717) is 10.4 Å². The molecule has 2 atom stereocenters. The molecule has 1 aromatic heterocycles. The molecule has 1 amide bonds. The Bertz CT molecular complexity index is 718. The van der Waals surface area contributed by atoms with E-state index in [9.17, 15) is 9.59 Å². The maximum Gasteiger partial charge on any atom is 0.337 e. The van der Waals surface area contributed by atoms with Crippen LogP contribution in [0.5, 0.6) is 0 Å². The van der Waals surface area contributed by atoms with Gasteiger partial charge in [-0.1, -0.05) is 36.4 Å². The first-order chi connectivity index (χ1) is 11.1. The number of hydrogen-bond donors (Lipinski definition) is 1. The van der Waals surface area contributed by atoms with Crippen molar-refractivity contribution >= 4 is 23.2 Å². The minimum absolute atomic E-state index is 0.364. The van der Waals surface area contributed by atoms with Crippen LogP contribution in [0.3, 0.4) is 0 Å². The maximum absolute atomic E-state index is 12.6. The molecule has 5 heteroatoms. The van der Waals surface area contributed by atoms with Crippen LogP contribution < -0.4 is 5.32 Å². The molecule has 4 nitrogen and oxygen atoms in total. The van der Waals surface area contributed by atoms with E-state index in [1.165, 1.54) is 18.4 Å². The number of amides is 1. The molecule has 0 aliphatic carbocycles. The second-order valence-corrected chi connectivity index (χ2v) is 5.93. The van der Waals surface area contributed by atoms with Crippen LogP contribution in [-0.4, -0.2) is 19.0 Å². The van der Waals surface area contributed by atoms with E-state index in [0.717, 1.165) is 0 Å². The summed E-state index contributed by atoms with van der Waals surface area (Å²) >= 11 is 1.29. The predicted octanol–water partition coefficient (Wildman–Crippen LogP) is 2.82. The highest BCUT2D eigenvalue weighted by molar-refractivity contribution is 7.12. The molecule has 0 saturated carbocycles. The minimum atomic E-state index is -1.44. The zero-order valence-corrected chi connectivity index (χ0v) is 13.7. The summed E-state index contributed by atoms with van der Waals surface area (Å²) in [5.74, 6) is 0.999. The zero-order valence-electron chi connectivity index (χ0n) is 12.9. The van der Waals surface area contributed by atoms with E-state index in [-0.39, 0.29) is 5.91 Å². The largest absolute Gasteiger partial charge is 0.467 e. The Morgan fingerprint density at radius 1 is 1.26 bits per heavy atom. The Kier molecular flexibility index (Phi) is 5.20. The molecule has 23 heavy (non-hydrogen) atoms. The summed E-state index contributed by atoms with van der Waals surface area (Å²) in [6.45, 7) is 1.71. The average Bonchev–Trinajstić information content (AvgIpc) is 3.13. The summed E-state index contributed by atoms with van der Waals surface area (Å²) in [7, 11) is 1.28. The number of methoxy groups -OCH3 is 1. The third-order valence-corrected chi connectivity index (χ3v) is 4.56. The van der Waals surface area contributed by atoms with Crippen molar-refractivity contribution in [2.45, 2.75) is 12.5 Å². The number of hydrogen-bond acceptors (Lipinski definition) is 4. The van der Waals surface area contributed by atoms with Gasteiger partial charge < -0.3 is 10.1 Å². The van der Waals surface area contributed by atoms with Gasteiger partial charge in [0.15, 0.2) is 5.54 Å². The summed E-state index contributed by atoms with van der Waals surface area (Å²) in [4.78, 5) is 25.7. The Balaban J connectivity index is 2.55. The summed E-state index contributed by atoms with van der Waals surface area (Å²) in [6.07, 6.45) is 5.58. The monoisotopic (exact) mass is 327 g/mol. The van der Waals surface area contributed by atoms with Crippen LogP contribution in [0.1, 0.15) is 22.2 Å². The molecule has 2 rings (SSSR count). The van der Waals surface area contributed by atoms with E-state index in [4.69, 9.17) is 11.2 Å². The molecular weight excluding hydrogens is 310 g/mol. The van der Waals surface area contributed by atoms with Gasteiger partial charge in [-0.3, -0.25) is 4.79 Å². The van der Waals surface area contributed by atoms with E-state index < -0.39 is 17.4 Å². The van der Waals surface area contributed by atoms with E-state index in [1.807, 2.05) is 6.07 Å². The lowest BCUT2D eigenvalue weighted by Crippen LogP contribution is -2.56. The van der Waals surface area contributed by atoms with Crippen LogP contribution >= 0.6 is 11.3 Å². The minimum Gasteiger partial charge on any atom is -0.467 e. The fourth-order valence-electron chi connectivity index (χ4n) is 2.41. The van der Waals surface area contributed by atoms with Crippen LogP contribution in [-0.2, 0) is 15.1 Å². The Labute approximate surface area is 139 Å². The van der Waals surface area contributed by atoms with Crippen LogP contribution in [0.4, 0.5) is 0 Å². The topological polar surface area (TPSA) is 55.4 Å². The van der Waals surface area contributed by atoms with Gasteiger partial charge in [-0.15, -0.1) is 23.7 Å². The third kappa shape index (κ3) is 3.13. The first-order valence-electron chi connectivity index (χ1n) is 7.02. The van der Waals surface area contributed by atoms with Gasteiger partial charge in [0, 0.05) is 0 Å². The first kappa shape index (κ1) is 16.8. The van der Waals surface area contributed by atoms with E-state index in [1.54, 1.807) is 48.7 Å². The van der Waals surface area contributed by atoms with Crippen LogP contribution in [0, 0.1) is 18.3 Å². The first-order valence-corrected chi connectivity index (χ1v) is 7.90. The molecule has 0 unspecified atom stereocenters. The second kappa shape index (κ2) is 7.12. The van der Waals surface area contributed by atoms with E-state index in [2.05, 4.69) is 11.2 Å². The van der Waals surface area contributed by atoms with Crippen molar-refractivity contribution < 1.29 is 14.3 Å². The van der Waals surface area contributed by atoms with Crippen LogP contribution in [0.2, 0.25) is 0 Å². The number of rotatable bonds is 5. The maximum atomic E-state index is 12.6. The van der Waals surface area contributed by atoms with Crippen molar-refractivity contribution in [2.24, 2.45) is 5.92 Å². The van der Waals surface area contributed by atoms with Crippen molar-refractivity contribution in [2.75, 3.05) is 7.11 Å². The van der Waals surface area contributed by atoms with Crippen molar-refractivity contribution in [3.63, 3.8) is 0 Å². The summed E-state index contributed by atoms with van der Waals surface area (Å²) < 4.78 is 4.97. The second-order valence-electron chi connectivity index (χ2n) is 4.99. The molecule has 2 aromatic rings. The summed E-state index contributed by atoms with van der Waals surface area (Å²) in [5.41, 5.74) is -0.853. The van der Waals surface area contributed by atoms with Gasteiger partial charge in [0.1, 0.15) is 0 Å². The Hall–Kier alpha value is -2.58. The van der Waals surface area contributed by atoms with Crippen LogP contribution in [0.15, 0.2) is 47.8 Å². The highest BCUT2D eigenvalue weighted by atomic mass is 32.1. The number of terminal acetylenes is 1. The molecule has 0 radical (unpaired) electrons. The molecule has 0 aliphatic heterocycles. The van der Waals surface area contributed by atoms with Gasteiger partial charge in [-0.25, -0.2) is 4.79 Å². The quantitative estimate of drug-likeness (QED) is 0.679. The predicted molar refractivity (Wildman–Crippen MR) is 89.9 cm³/mol. The van der Waals surface area contributed by atoms with E-state index >= 15 is 0 Å². The molecule has 118 valence electrons. The fourth-order valence-corrected chi connectivity index (χ4v) is 3.03. The van der Waals surface area contributed by atoms with Crippen molar-refractivity contribution in [1.29, 1.82) is 0 Å². The smallest absolute Gasteiger partial charge is 0.337 e. The average molecular weight is 327 g/mol. The zero-order chi connectivity index (χ0) is 16.9. The lowest BCUT2D eigenvalue weighted by Gasteiger charge is -2.35. The number of benzene rings is 1. The van der Waals surface area contributed by atoms with Gasteiger partial charge in [0.2, 0.25) is 0 Å². The number of carbonyl (C=O) groups excluding carboxylic acids is 2. The number of thiophene rings is 1. The fraction of sp³-hybridized carbons (Fsp3) is 0.222. The third-order valence-electron chi connectivity index (χ3n) is 3.69. The number of carbonyl (C=O) groups is 2. The summed E-state index contributed by atoms with van der Waals surface area (Å²) in [5, 5.41) is 4.60. The molecule has 1 heterocycles. The number of nitrogens with one attached hydrogen (secondary N) is 1. The SMILES string of the molecule is C#C[C@H](C)[C@@](NC(=O)c1cccs1)(C(=O)OC)c1ccccc1. The normalized spacial score (nSPS) is 14.1. The molecule has 0 saturated heterocycles. The van der Waals surface area contributed by atoms with Gasteiger partial charge in [0.25, 0.3) is 5.91 Å². The number of esters is 1. The lowest BCUT2D eigenvalue weighted by atomic mass is 9.79. The molecule has 1 N–H and O–H groups in total. The van der Waals surface area contributed by atoms with Gasteiger partial charge in [-0.05, 0) is 23.9 Å². The van der Waals surface area contributed by atoms with Gasteiger partial charge in [-0.2, -0.15) is 0 Å². The van der Waals surface area contributed by atoms with Gasteiger partial charge in [0.05, 0.1) is 17.9 Å². The van der Waals surface area contributed by atoms with Gasteiger partial charge >= 0.3 is 5.97 Å². The highest BCUT2D eigenvalue weighted by Crippen LogP contribution is 2.32. The van der Waals surface area contributed by atoms with Crippen molar-refractivity contribution in [1.82, 2.24) is 5.32 Å². The molecule has 0 spiro atoms. The lowest BCUT2D eigenvalue weighted by molar-refractivity contribution is -0.150. The Morgan fingerprint density at radius 2 is 1.96 bits per heavy atom. The summed E-state index contributed by atoms with van der Waals surface area (Å²) in [6, 6.07) is 12.4. The van der Waals surface area contributed by atoms with Crippen molar-refractivity contribution in [3.05, 3.63) is 58.3 Å². The van der Waals surface area contributed by atoms with Crippen LogP contribution in [0.25, 0.3) is 0 Å². The number of ether oxygens (including phenoxy) is 1. The van der Waals surface area contributed by atoms with Crippen molar-refractivity contribution in [3.8, 4) is 12.3 Å². The standard InChI is InChI=1S/C18H17NO3S/c1-4-13(2)18(17(21)22-3,14-9-6-5-7-10-14)19-16(20)15-11-8-12-23-15/h1,5-13H,2-3H3,(H,19,20)/t13-,18-/m0/s1. The molecule has 0 aliphatic rings. The molecule has 0 bridgehead atoms. The highest BCUT2D eigenvalue weighted by Gasteiger charge is 2.47. The molecular formula is C18H17NO3S. The Morgan fingerprint density at radius 3 is 2.48 bits per heavy atom. The molecule has 0 fully saturated rings.